The second-order valence-electron chi connectivity index (χ2n) is 5.16. The number of hydrogen-bond donors (Lipinski definition) is 3. The average Bonchev–Trinajstić information content (AvgIpc) is 2.97. The third kappa shape index (κ3) is 5.20. The topological polar surface area (TPSA) is 135 Å². The van der Waals surface area contributed by atoms with Crippen molar-refractivity contribution in [2.45, 2.75) is 24.6 Å². The molecule has 132 valence electrons. The average molecular weight is 357 g/mol. The van der Waals surface area contributed by atoms with Crippen LogP contribution in [0.5, 0.6) is 0 Å². The number of methoxy groups -OCH3 is 1. The van der Waals surface area contributed by atoms with Gasteiger partial charge in [0.15, 0.2) is 0 Å². The van der Waals surface area contributed by atoms with Crippen LogP contribution in [-0.4, -0.2) is 60.1 Å². The van der Waals surface area contributed by atoms with Crippen molar-refractivity contribution in [3.63, 3.8) is 0 Å². The third-order valence-corrected chi connectivity index (χ3v) is 4.15. The van der Waals surface area contributed by atoms with Crippen LogP contribution in [0.1, 0.15) is 12.8 Å². The first-order valence-corrected chi connectivity index (χ1v) is 8.30. The monoisotopic (exact) mass is 357 g/mol. The molecule has 1 aromatic rings. The Balaban J connectivity index is 1.81. The van der Waals surface area contributed by atoms with Gasteiger partial charge in [-0.3, -0.25) is 14.9 Å². The van der Waals surface area contributed by atoms with Gasteiger partial charge in [-0.25, -0.2) is 4.79 Å². The molecular formula is C13H19N5O5S. The fourth-order valence-electron chi connectivity index (χ4n) is 2.08. The lowest BCUT2D eigenvalue weighted by Crippen LogP contribution is -2.57. The van der Waals surface area contributed by atoms with Crippen LogP contribution >= 0.6 is 11.8 Å². The molecule has 3 N–H and O–H groups in total. The summed E-state index contributed by atoms with van der Waals surface area (Å²) in [6.45, 7) is 2.61. The van der Waals surface area contributed by atoms with Crippen molar-refractivity contribution in [3.8, 4) is 0 Å². The lowest BCUT2D eigenvalue weighted by atomic mass is 9.95. The predicted molar refractivity (Wildman–Crippen MR) is 83.2 cm³/mol. The number of aromatic nitrogens is 2. The largest absolute Gasteiger partial charge is 0.416 e. The number of hydrogen-bond acceptors (Lipinski definition) is 8. The van der Waals surface area contributed by atoms with Crippen molar-refractivity contribution in [2.75, 3.05) is 26.0 Å². The Bertz CT molecular complexity index is 607. The molecule has 2 heterocycles. The van der Waals surface area contributed by atoms with E-state index in [1.807, 2.05) is 0 Å². The van der Waals surface area contributed by atoms with Crippen LogP contribution in [-0.2, 0) is 20.7 Å². The summed E-state index contributed by atoms with van der Waals surface area (Å²) in [5, 5.41) is 15.5. The molecule has 0 aromatic carbocycles. The molecule has 1 saturated heterocycles. The number of carbonyl (C=O) groups excluding carboxylic acids is 3. The van der Waals surface area contributed by atoms with Crippen LogP contribution in [0.3, 0.4) is 0 Å². The lowest BCUT2D eigenvalue weighted by molar-refractivity contribution is -0.125. The fourth-order valence-corrected chi connectivity index (χ4v) is 2.69. The zero-order chi connectivity index (χ0) is 17.5. The molecule has 1 aliphatic rings. The Kier molecular flexibility index (Phi) is 6.55. The second kappa shape index (κ2) is 8.64. The molecule has 2 rings (SSSR count). The van der Waals surface area contributed by atoms with E-state index in [1.54, 1.807) is 14.0 Å². The van der Waals surface area contributed by atoms with E-state index >= 15 is 0 Å². The number of carbonyl (C=O) groups is 3. The van der Waals surface area contributed by atoms with Crippen molar-refractivity contribution >= 4 is 29.6 Å². The van der Waals surface area contributed by atoms with E-state index in [4.69, 9.17) is 9.15 Å². The number of rotatable bonds is 8. The molecule has 4 amide bonds. The van der Waals surface area contributed by atoms with Gasteiger partial charge >= 0.3 is 6.03 Å². The normalized spacial score (nSPS) is 20.4. The number of urea groups is 1. The van der Waals surface area contributed by atoms with Gasteiger partial charge in [0.05, 0.1) is 18.3 Å². The molecule has 2 unspecified atom stereocenters. The summed E-state index contributed by atoms with van der Waals surface area (Å²) in [7, 11) is 1.56. The molecule has 24 heavy (non-hydrogen) atoms. The van der Waals surface area contributed by atoms with Gasteiger partial charge < -0.3 is 19.8 Å². The molecule has 0 aliphatic carbocycles. The Morgan fingerprint density at radius 3 is 2.92 bits per heavy atom. The molecular weight excluding hydrogens is 338 g/mol. The van der Waals surface area contributed by atoms with Gasteiger partial charge in [0.2, 0.25) is 17.7 Å². The van der Waals surface area contributed by atoms with Gasteiger partial charge in [0.25, 0.3) is 5.22 Å². The second-order valence-corrected chi connectivity index (χ2v) is 6.08. The Labute approximate surface area is 142 Å². The van der Waals surface area contributed by atoms with Crippen molar-refractivity contribution in [2.24, 2.45) is 5.92 Å². The van der Waals surface area contributed by atoms with E-state index < -0.39 is 11.9 Å². The van der Waals surface area contributed by atoms with Gasteiger partial charge in [-0.05, 0) is 6.92 Å². The van der Waals surface area contributed by atoms with Crippen molar-refractivity contribution in [1.82, 2.24) is 26.1 Å². The predicted octanol–water partition coefficient (Wildman–Crippen LogP) is -0.689. The summed E-state index contributed by atoms with van der Waals surface area (Å²) in [4.78, 5) is 34.6. The molecule has 0 bridgehead atoms. The van der Waals surface area contributed by atoms with Gasteiger partial charge in [-0.15, -0.1) is 10.2 Å². The van der Waals surface area contributed by atoms with Gasteiger partial charge in [0, 0.05) is 26.1 Å². The first kappa shape index (κ1) is 18.2. The number of thioether (sulfide) groups is 1. The number of amides is 4. The number of nitrogens with one attached hydrogen (secondary N) is 3. The van der Waals surface area contributed by atoms with Crippen LogP contribution in [0.15, 0.2) is 9.64 Å². The zero-order valence-electron chi connectivity index (χ0n) is 13.3. The molecule has 0 saturated carbocycles. The Hall–Kier alpha value is -2.14. The van der Waals surface area contributed by atoms with E-state index in [1.165, 1.54) is 0 Å². The molecule has 11 heteroatoms. The summed E-state index contributed by atoms with van der Waals surface area (Å²) in [5.74, 6) is -0.614. The molecule has 0 spiro atoms. The minimum Gasteiger partial charge on any atom is -0.416 e. The van der Waals surface area contributed by atoms with Gasteiger partial charge in [0.1, 0.15) is 0 Å². The molecule has 2 atom stereocenters. The minimum absolute atomic E-state index is 0.141. The van der Waals surface area contributed by atoms with Gasteiger partial charge in [-0.1, -0.05) is 11.8 Å². The zero-order valence-corrected chi connectivity index (χ0v) is 14.1. The first-order valence-electron chi connectivity index (χ1n) is 7.31. The van der Waals surface area contributed by atoms with E-state index in [0.717, 1.165) is 11.8 Å². The smallest absolute Gasteiger partial charge is 0.321 e. The van der Waals surface area contributed by atoms with Crippen LogP contribution in [0, 0.1) is 5.92 Å². The molecule has 1 fully saturated rings. The minimum atomic E-state index is -0.509. The Morgan fingerprint density at radius 2 is 2.21 bits per heavy atom. The van der Waals surface area contributed by atoms with Crippen LogP contribution in [0.2, 0.25) is 0 Å². The third-order valence-electron chi connectivity index (χ3n) is 3.33. The fraction of sp³-hybridized carbons (Fsp3) is 0.615. The highest BCUT2D eigenvalue weighted by molar-refractivity contribution is 7.99. The SMILES string of the molecule is COCCNC(=O)CSc1nnc(CC2C(=O)NC(=O)NC2C)o1. The van der Waals surface area contributed by atoms with E-state index in [2.05, 4.69) is 26.1 Å². The Morgan fingerprint density at radius 1 is 1.42 bits per heavy atom. The highest BCUT2D eigenvalue weighted by Crippen LogP contribution is 2.19. The molecule has 1 aliphatic heterocycles. The summed E-state index contributed by atoms with van der Waals surface area (Å²) < 4.78 is 10.3. The van der Waals surface area contributed by atoms with Crippen LogP contribution in [0.25, 0.3) is 0 Å². The highest BCUT2D eigenvalue weighted by atomic mass is 32.2. The standard InChI is InChI=1S/C13H19N5O5S/c1-7-8(11(20)16-12(21)15-7)5-10-17-18-13(23-10)24-6-9(19)14-3-4-22-2/h7-8H,3-6H2,1-2H3,(H,14,19)(H2,15,16,20,21). The van der Waals surface area contributed by atoms with Crippen LogP contribution in [0.4, 0.5) is 4.79 Å². The number of nitrogens with zero attached hydrogens (tertiary/aromatic N) is 2. The first-order chi connectivity index (χ1) is 11.5. The maximum atomic E-state index is 11.8. The molecule has 0 radical (unpaired) electrons. The maximum absolute atomic E-state index is 11.8. The van der Waals surface area contributed by atoms with E-state index in [0.29, 0.717) is 13.2 Å². The number of ether oxygens (including phenoxy) is 1. The maximum Gasteiger partial charge on any atom is 0.321 e. The molecule has 1 aromatic heterocycles. The lowest BCUT2D eigenvalue weighted by Gasteiger charge is -2.27. The highest BCUT2D eigenvalue weighted by Gasteiger charge is 2.34. The quantitative estimate of drug-likeness (QED) is 0.411. The number of imide groups is 1. The van der Waals surface area contributed by atoms with Gasteiger partial charge in [-0.2, -0.15) is 0 Å². The summed E-state index contributed by atoms with van der Waals surface area (Å²) in [5.41, 5.74) is 0. The van der Waals surface area contributed by atoms with Crippen molar-refractivity contribution in [1.29, 1.82) is 0 Å². The summed E-state index contributed by atoms with van der Waals surface area (Å²) >= 11 is 1.11. The van der Waals surface area contributed by atoms with Crippen LogP contribution < -0.4 is 16.0 Å². The molecule has 10 nitrogen and oxygen atoms in total. The summed E-state index contributed by atoms with van der Waals surface area (Å²) in [6.07, 6.45) is 0.209. The van der Waals surface area contributed by atoms with E-state index in [9.17, 15) is 14.4 Å². The van der Waals surface area contributed by atoms with Crippen molar-refractivity contribution in [3.05, 3.63) is 5.89 Å². The van der Waals surface area contributed by atoms with Crippen molar-refractivity contribution < 1.29 is 23.5 Å². The van der Waals surface area contributed by atoms with E-state index in [-0.39, 0.29) is 41.1 Å². The summed E-state index contributed by atoms with van der Waals surface area (Å²) in [6, 6.07) is -0.842.